The number of nitrogens with one attached hydrogen (secondary N) is 1. The summed E-state index contributed by atoms with van der Waals surface area (Å²) in [5.74, 6) is 0.622. The highest BCUT2D eigenvalue weighted by molar-refractivity contribution is 5.22. The second kappa shape index (κ2) is 2.90. The van der Waals surface area contributed by atoms with Gasteiger partial charge >= 0.3 is 0 Å². The third kappa shape index (κ3) is 1.50. The molecular formula is C7H11N3O. The molecule has 0 radical (unpaired) electrons. The molecule has 1 saturated carbocycles. The van der Waals surface area contributed by atoms with Crippen molar-refractivity contribution in [3.05, 3.63) is 6.39 Å². The minimum absolute atomic E-state index is 0.563. The van der Waals surface area contributed by atoms with Crippen LogP contribution in [0.2, 0.25) is 0 Å². The average molecular weight is 153 g/mol. The first-order valence-electron chi connectivity index (χ1n) is 3.98. The molecule has 1 aromatic heterocycles. The first kappa shape index (κ1) is 6.64. The zero-order valence-corrected chi connectivity index (χ0v) is 6.29. The lowest BCUT2D eigenvalue weighted by Crippen LogP contribution is -2.15. The van der Waals surface area contributed by atoms with E-state index < -0.39 is 0 Å². The Balaban J connectivity index is 1.90. The van der Waals surface area contributed by atoms with Gasteiger partial charge in [0.1, 0.15) is 0 Å². The molecule has 0 atom stereocenters. The molecule has 0 saturated heterocycles. The second-order valence-electron chi connectivity index (χ2n) is 2.88. The van der Waals surface area contributed by atoms with E-state index in [1.165, 1.54) is 32.1 Å². The molecule has 0 bridgehead atoms. The Kier molecular flexibility index (Phi) is 1.75. The van der Waals surface area contributed by atoms with Crippen molar-refractivity contribution in [3.8, 4) is 0 Å². The van der Waals surface area contributed by atoms with Crippen LogP contribution in [-0.2, 0) is 0 Å². The summed E-state index contributed by atoms with van der Waals surface area (Å²) in [5.41, 5.74) is 0. The van der Waals surface area contributed by atoms with Crippen molar-refractivity contribution >= 4 is 5.95 Å². The predicted octanol–water partition coefficient (Wildman–Crippen LogP) is 1.42. The fourth-order valence-corrected chi connectivity index (χ4v) is 1.49. The largest absolute Gasteiger partial charge is 0.349 e. The Bertz CT molecular complexity index is 203. The van der Waals surface area contributed by atoms with E-state index in [0.717, 1.165) is 0 Å². The fourth-order valence-electron chi connectivity index (χ4n) is 1.49. The number of anilines is 1. The van der Waals surface area contributed by atoms with Gasteiger partial charge in [0.15, 0.2) is 0 Å². The van der Waals surface area contributed by atoms with Gasteiger partial charge in [0.05, 0.1) is 0 Å². The Morgan fingerprint density at radius 1 is 1.45 bits per heavy atom. The van der Waals surface area contributed by atoms with Crippen LogP contribution in [0.25, 0.3) is 0 Å². The molecule has 0 spiro atoms. The van der Waals surface area contributed by atoms with Crippen LogP contribution < -0.4 is 5.32 Å². The highest BCUT2D eigenvalue weighted by Gasteiger charge is 2.15. The van der Waals surface area contributed by atoms with Crippen molar-refractivity contribution in [1.82, 2.24) is 10.1 Å². The minimum atomic E-state index is 0.563. The normalized spacial score (nSPS) is 18.9. The third-order valence-electron chi connectivity index (χ3n) is 2.05. The van der Waals surface area contributed by atoms with E-state index in [4.69, 9.17) is 0 Å². The minimum Gasteiger partial charge on any atom is -0.349 e. The van der Waals surface area contributed by atoms with E-state index in [0.29, 0.717) is 12.0 Å². The Morgan fingerprint density at radius 3 is 2.91 bits per heavy atom. The second-order valence-corrected chi connectivity index (χ2v) is 2.88. The van der Waals surface area contributed by atoms with E-state index >= 15 is 0 Å². The Labute approximate surface area is 65.0 Å². The van der Waals surface area contributed by atoms with Gasteiger partial charge in [0, 0.05) is 6.04 Å². The number of nitrogens with zero attached hydrogens (tertiary/aromatic N) is 2. The summed E-state index contributed by atoms with van der Waals surface area (Å²) >= 11 is 0. The van der Waals surface area contributed by atoms with Gasteiger partial charge in [-0.05, 0) is 18.0 Å². The van der Waals surface area contributed by atoms with Gasteiger partial charge in [-0.15, -0.1) is 0 Å². The van der Waals surface area contributed by atoms with Crippen LogP contribution in [0.5, 0.6) is 0 Å². The van der Waals surface area contributed by atoms with Gasteiger partial charge in [-0.25, -0.2) is 0 Å². The summed E-state index contributed by atoms with van der Waals surface area (Å²) in [4.78, 5) is 3.89. The number of aromatic nitrogens is 2. The molecule has 1 aliphatic carbocycles. The van der Waals surface area contributed by atoms with Gasteiger partial charge in [-0.2, -0.15) is 4.98 Å². The quantitative estimate of drug-likeness (QED) is 0.698. The number of hydrogen-bond donors (Lipinski definition) is 1. The summed E-state index contributed by atoms with van der Waals surface area (Å²) in [6.45, 7) is 0. The van der Waals surface area contributed by atoms with Gasteiger partial charge in [-0.1, -0.05) is 12.8 Å². The maximum absolute atomic E-state index is 4.60. The van der Waals surface area contributed by atoms with Crippen molar-refractivity contribution in [3.63, 3.8) is 0 Å². The molecule has 2 rings (SSSR count). The highest BCUT2D eigenvalue weighted by Crippen LogP contribution is 2.20. The van der Waals surface area contributed by atoms with Crippen LogP contribution in [0.15, 0.2) is 10.9 Å². The molecule has 4 nitrogen and oxygen atoms in total. The smallest absolute Gasteiger partial charge is 0.263 e. The zero-order valence-electron chi connectivity index (χ0n) is 6.29. The lowest BCUT2D eigenvalue weighted by atomic mass is 10.3. The lowest BCUT2D eigenvalue weighted by Gasteiger charge is -2.07. The molecule has 0 amide bonds. The van der Waals surface area contributed by atoms with Crippen molar-refractivity contribution in [2.45, 2.75) is 31.7 Å². The van der Waals surface area contributed by atoms with Crippen molar-refractivity contribution in [1.29, 1.82) is 0 Å². The van der Waals surface area contributed by atoms with E-state index in [-0.39, 0.29) is 0 Å². The zero-order chi connectivity index (χ0) is 7.52. The molecule has 0 aliphatic heterocycles. The monoisotopic (exact) mass is 153 g/mol. The Hall–Kier alpha value is -1.06. The summed E-state index contributed by atoms with van der Waals surface area (Å²) < 4.78 is 4.60. The fraction of sp³-hybridized carbons (Fsp3) is 0.714. The Morgan fingerprint density at radius 2 is 2.27 bits per heavy atom. The van der Waals surface area contributed by atoms with Gasteiger partial charge in [-0.3, -0.25) is 0 Å². The molecule has 0 aromatic carbocycles. The van der Waals surface area contributed by atoms with Crippen molar-refractivity contribution in [2.24, 2.45) is 0 Å². The van der Waals surface area contributed by atoms with E-state index in [2.05, 4.69) is 20.0 Å². The molecule has 1 N–H and O–H groups in total. The topological polar surface area (TPSA) is 51.0 Å². The summed E-state index contributed by atoms with van der Waals surface area (Å²) in [5, 5.41) is 6.89. The molecule has 1 heterocycles. The van der Waals surface area contributed by atoms with E-state index in [1.54, 1.807) is 0 Å². The van der Waals surface area contributed by atoms with Crippen LogP contribution in [0.1, 0.15) is 25.7 Å². The van der Waals surface area contributed by atoms with Crippen LogP contribution in [0.4, 0.5) is 5.95 Å². The van der Waals surface area contributed by atoms with E-state index in [9.17, 15) is 0 Å². The predicted molar refractivity (Wildman–Crippen MR) is 40.2 cm³/mol. The molecule has 1 aliphatic rings. The average Bonchev–Trinajstić information content (AvgIpc) is 2.60. The van der Waals surface area contributed by atoms with Crippen LogP contribution in [0, 0.1) is 0 Å². The molecule has 0 unspecified atom stereocenters. The van der Waals surface area contributed by atoms with E-state index in [1.807, 2.05) is 0 Å². The van der Waals surface area contributed by atoms with Crippen molar-refractivity contribution < 1.29 is 4.52 Å². The number of rotatable bonds is 2. The van der Waals surface area contributed by atoms with Gasteiger partial charge in [0.25, 0.3) is 5.95 Å². The first-order chi connectivity index (χ1) is 5.45. The van der Waals surface area contributed by atoms with Gasteiger partial charge in [0.2, 0.25) is 6.39 Å². The maximum Gasteiger partial charge on any atom is 0.263 e. The molecule has 60 valence electrons. The summed E-state index contributed by atoms with van der Waals surface area (Å²) in [6.07, 6.45) is 6.44. The lowest BCUT2D eigenvalue weighted by molar-refractivity contribution is 0.418. The molecule has 11 heavy (non-hydrogen) atoms. The van der Waals surface area contributed by atoms with Crippen LogP contribution in [-0.4, -0.2) is 16.2 Å². The molecule has 1 fully saturated rings. The molecule has 4 heteroatoms. The first-order valence-corrected chi connectivity index (χ1v) is 3.98. The van der Waals surface area contributed by atoms with Crippen molar-refractivity contribution in [2.75, 3.05) is 5.32 Å². The standard InChI is InChI=1S/C7H11N3O/c1-2-4-6(3-1)9-7-8-5-11-10-7/h5-6H,1-4H2,(H,9,10). The third-order valence-corrected chi connectivity index (χ3v) is 2.05. The summed E-state index contributed by atoms with van der Waals surface area (Å²) in [7, 11) is 0. The summed E-state index contributed by atoms with van der Waals surface area (Å²) in [6, 6.07) is 0.563. The van der Waals surface area contributed by atoms with Crippen LogP contribution in [0.3, 0.4) is 0 Å². The maximum atomic E-state index is 4.60. The highest BCUT2D eigenvalue weighted by atomic mass is 16.5. The molecular weight excluding hydrogens is 142 g/mol. The molecule has 1 aromatic rings. The van der Waals surface area contributed by atoms with Gasteiger partial charge < -0.3 is 9.84 Å². The SMILES string of the molecule is c1nc(NC2CCCC2)no1. The van der Waals surface area contributed by atoms with Crippen LogP contribution >= 0.6 is 0 Å². The number of hydrogen-bond acceptors (Lipinski definition) is 4.